The van der Waals surface area contributed by atoms with Crippen LogP contribution in [-0.4, -0.2) is 52.6 Å². The van der Waals surface area contributed by atoms with Gasteiger partial charge in [-0.15, -0.1) is 0 Å². The molecule has 2 aromatic heterocycles. The highest BCUT2D eigenvalue weighted by Gasteiger charge is 2.36. The van der Waals surface area contributed by atoms with E-state index in [1.54, 1.807) is 14.2 Å². The normalized spacial score (nSPS) is 14.6. The number of nitrogens with one attached hydrogen (secondary N) is 1. The summed E-state index contributed by atoms with van der Waals surface area (Å²) < 4.78 is 14.9. The van der Waals surface area contributed by atoms with Crippen molar-refractivity contribution in [1.82, 2.24) is 24.6 Å². The first-order chi connectivity index (χ1) is 17.7. The number of methoxy groups -OCH3 is 2. The number of nitrogens with zero attached hydrogens (tertiary/aromatic N) is 4. The number of fused-ring (bicyclic) bond motifs is 3. The third kappa shape index (κ3) is 4.24. The zero-order valence-corrected chi connectivity index (χ0v) is 20.8. The molecular formula is C28H31N5O3. The molecule has 0 saturated heterocycles. The van der Waals surface area contributed by atoms with Crippen LogP contribution < -0.4 is 10.1 Å². The summed E-state index contributed by atoms with van der Waals surface area (Å²) in [6.07, 6.45) is 2.80. The number of hydrogen-bond acceptors (Lipinski definition) is 4. The number of aromatic nitrogens is 3. The number of carbonyl (C=O) groups excluding carboxylic acids is 1. The average Bonchev–Trinajstić information content (AvgIpc) is 3.50. The molecule has 1 N–H and O–H groups in total. The van der Waals surface area contributed by atoms with Gasteiger partial charge in [0.05, 0.1) is 43.4 Å². The molecule has 8 nitrogen and oxygen atoms in total. The maximum atomic E-state index is 13.7. The minimum Gasteiger partial charge on any atom is -0.497 e. The molecule has 3 heterocycles. The van der Waals surface area contributed by atoms with Gasteiger partial charge in [0, 0.05) is 25.4 Å². The summed E-state index contributed by atoms with van der Waals surface area (Å²) in [7, 11) is 3.28. The van der Waals surface area contributed by atoms with Crippen molar-refractivity contribution < 1.29 is 14.3 Å². The summed E-state index contributed by atoms with van der Waals surface area (Å²) in [6, 6.07) is 21.6. The number of rotatable bonds is 7. The number of ether oxygens (including phenoxy) is 2. The van der Waals surface area contributed by atoms with E-state index in [0.717, 1.165) is 46.2 Å². The van der Waals surface area contributed by atoms with Crippen molar-refractivity contribution in [2.45, 2.75) is 25.9 Å². The third-order valence-electron chi connectivity index (χ3n) is 6.56. The molecule has 0 unspecified atom stereocenters. The van der Waals surface area contributed by atoms with Gasteiger partial charge in [0.1, 0.15) is 11.6 Å². The van der Waals surface area contributed by atoms with Gasteiger partial charge in [0.15, 0.2) is 0 Å². The van der Waals surface area contributed by atoms with Gasteiger partial charge in [-0.25, -0.2) is 9.48 Å². The number of hydrogen-bond donors (Lipinski definition) is 1. The van der Waals surface area contributed by atoms with E-state index in [1.165, 1.54) is 0 Å². The van der Waals surface area contributed by atoms with Crippen LogP contribution in [-0.2, 0) is 17.7 Å². The van der Waals surface area contributed by atoms with Crippen LogP contribution in [0.2, 0.25) is 0 Å². The highest BCUT2D eigenvalue weighted by molar-refractivity contribution is 5.76. The second-order valence-corrected chi connectivity index (χ2v) is 8.68. The number of para-hydroxylation sites is 1. The molecule has 1 atom stereocenters. The minimum atomic E-state index is -0.334. The Balaban J connectivity index is 1.72. The highest BCUT2D eigenvalue weighted by Crippen LogP contribution is 2.39. The van der Waals surface area contributed by atoms with Crippen LogP contribution in [0.1, 0.15) is 35.5 Å². The molecule has 1 aliphatic rings. The molecule has 4 aromatic rings. The van der Waals surface area contributed by atoms with Crippen molar-refractivity contribution >= 4 is 6.03 Å². The quantitative estimate of drug-likeness (QED) is 0.392. The molecular weight excluding hydrogens is 454 g/mol. The van der Waals surface area contributed by atoms with Gasteiger partial charge in [-0.2, -0.15) is 5.10 Å². The van der Waals surface area contributed by atoms with E-state index < -0.39 is 0 Å². The van der Waals surface area contributed by atoms with Crippen molar-refractivity contribution in [3.05, 3.63) is 95.4 Å². The topological polar surface area (TPSA) is 73.6 Å². The second-order valence-electron chi connectivity index (χ2n) is 8.68. The predicted octanol–water partition coefficient (Wildman–Crippen LogP) is 4.50. The van der Waals surface area contributed by atoms with Gasteiger partial charge in [-0.05, 0) is 48.4 Å². The van der Waals surface area contributed by atoms with E-state index >= 15 is 0 Å². The number of benzene rings is 2. The van der Waals surface area contributed by atoms with Crippen LogP contribution in [0.4, 0.5) is 4.79 Å². The third-order valence-corrected chi connectivity index (χ3v) is 6.56. The summed E-state index contributed by atoms with van der Waals surface area (Å²) in [5.74, 6) is 1.70. The standard InChI is InChI=1S/C28H31N5O3/c1-4-24-23-19-32(28(34)29-15-17-35-2)26(20-10-8-13-22(18-20)36-3)25-14-9-16-31(25)27(23)33(30-24)21-11-6-5-7-12-21/h5-14,16,18,26H,4,15,17,19H2,1-3H3,(H,29,34)/t26-/m1/s1. The monoisotopic (exact) mass is 485 g/mol. The lowest BCUT2D eigenvalue weighted by molar-refractivity contribution is 0.168. The van der Waals surface area contributed by atoms with E-state index in [1.807, 2.05) is 64.3 Å². The molecule has 2 amide bonds. The van der Waals surface area contributed by atoms with Crippen molar-refractivity contribution in [2.75, 3.05) is 27.4 Å². The molecule has 0 saturated carbocycles. The van der Waals surface area contributed by atoms with E-state index in [2.05, 4.69) is 35.0 Å². The summed E-state index contributed by atoms with van der Waals surface area (Å²) in [5, 5.41) is 8.03. The summed E-state index contributed by atoms with van der Waals surface area (Å²) in [5.41, 5.74) is 4.92. The van der Waals surface area contributed by atoms with Gasteiger partial charge in [0.25, 0.3) is 0 Å². The summed E-state index contributed by atoms with van der Waals surface area (Å²) >= 11 is 0. The summed E-state index contributed by atoms with van der Waals surface area (Å²) in [6.45, 7) is 3.38. The molecule has 186 valence electrons. The van der Waals surface area contributed by atoms with Crippen LogP contribution in [0.15, 0.2) is 72.9 Å². The van der Waals surface area contributed by atoms with Crippen molar-refractivity contribution in [3.63, 3.8) is 0 Å². The lowest BCUT2D eigenvalue weighted by Crippen LogP contribution is -2.43. The van der Waals surface area contributed by atoms with Crippen LogP contribution in [0.25, 0.3) is 11.5 Å². The molecule has 0 spiro atoms. The SMILES string of the molecule is CCc1nn(-c2ccccc2)c2c1CN(C(=O)NCCOC)[C@H](c1cccc(OC)c1)c1cccn1-2. The molecule has 0 fully saturated rings. The molecule has 2 aromatic carbocycles. The average molecular weight is 486 g/mol. The maximum absolute atomic E-state index is 13.7. The van der Waals surface area contributed by atoms with E-state index in [0.29, 0.717) is 19.7 Å². The molecule has 36 heavy (non-hydrogen) atoms. The fourth-order valence-corrected chi connectivity index (χ4v) is 4.87. The predicted molar refractivity (Wildman–Crippen MR) is 138 cm³/mol. The van der Waals surface area contributed by atoms with Gasteiger partial charge in [-0.3, -0.25) is 0 Å². The molecule has 8 heteroatoms. The van der Waals surface area contributed by atoms with Crippen LogP contribution in [0.5, 0.6) is 5.75 Å². The van der Waals surface area contributed by atoms with Gasteiger partial charge < -0.3 is 24.3 Å². The molecule has 1 aliphatic heterocycles. The van der Waals surface area contributed by atoms with E-state index in [9.17, 15) is 4.79 Å². The Bertz CT molecular complexity index is 1340. The number of urea groups is 1. The van der Waals surface area contributed by atoms with Crippen LogP contribution in [0, 0.1) is 0 Å². The largest absolute Gasteiger partial charge is 0.497 e. The molecule has 0 radical (unpaired) electrons. The molecule has 0 bridgehead atoms. The van der Waals surface area contributed by atoms with Gasteiger partial charge in [-0.1, -0.05) is 37.3 Å². The molecule has 0 aliphatic carbocycles. The fourth-order valence-electron chi connectivity index (χ4n) is 4.87. The zero-order valence-electron chi connectivity index (χ0n) is 20.8. The van der Waals surface area contributed by atoms with Crippen molar-refractivity contribution in [1.29, 1.82) is 0 Å². The number of carbonyl (C=O) groups is 1. The van der Waals surface area contributed by atoms with E-state index in [-0.39, 0.29) is 12.1 Å². The minimum absolute atomic E-state index is 0.157. The Labute approximate surface area is 211 Å². The zero-order chi connectivity index (χ0) is 25.1. The Morgan fingerprint density at radius 1 is 1.08 bits per heavy atom. The van der Waals surface area contributed by atoms with Crippen molar-refractivity contribution in [2.24, 2.45) is 0 Å². The first-order valence-corrected chi connectivity index (χ1v) is 12.2. The maximum Gasteiger partial charge on any atom is 0.318 e. The smallest absolute Gasteiger partial charge is 0.318 e. The lowest BCUT2D eigenvalue weighted by atomic mass is 10.0. The highest BCUT2D eigenvalue weighted by atomic mass is 16.5. The van der Waals surface area contributed by atoms with Crippen LogP contribution >= 0.6 is 0 Å². The van der Waals surface area contributed by atoms with E-state index in [4.69, 9.17) is 14.6 Å². The van der Waals surface area contributed by atoms with Crippen molar-refractivity contribution in [3.8, 4) is 17.3 Å². The first kappa shape index (κ1) is 23.7. The number of amides is 2. The first-order valence-electron chi connectivity index (χ1n) is 12.2. The van der Waals surface area contributed by atoms with Crippen LogP contribution in [0.3, 0.4) is 0 Å². The molecule has 5 rings (SSSR count). The van der Waals surface area contributed by atoms with Gasteiger partial charge >= 0.3 is 6.03 Å². The number of aryl methyl sites for hydroxylation is 1. The lowest BCUT2D eigenvalue weighted by Gasteiger charge is -2.31. The Morgan fingerprint density at radius 3 is 2.67 bits per heavy atom. The Morgan fingerprint density at radius 2 is 1.92 bits per heavy atom. The second kappa shape index (κ2) is 10.3. The van der Waals surface area contributed by atoms with Gasteiger partial charge in [0.2, 0.25) is 0 Å². The Hall–Kier alpha value is -4.04. The Kier molecular flexibility index (Phi) is 6.77. The summed E-state index contributed by atoms with van der Waals surface area (Å²) in [4.78, 5) is 15.6. The fraction of sp³-hybridized carbons (Fsp3) is 0.286.